The van der Waals surface area contributed by atoms with Crippen LogP contribution in [0, 0.1) is 0 Å². The molecule has 24 heavy (non-hydrogen) atoms. The average Bonchev–Trinajstić information content (AvgIpc) is 2.61. The van der Waals surface area contributed by atoms with Crippen LogP contribution in [0.2, 0.25) is 0 Å². The zero-order valence-electron chi connectivity index (χ0n) is 13.5. The Hall–Kier alpha value is -2.66. The molecular formula is C19H18N2O2S. The number of methoxy groups -OCH3 is 1. The molecule has 1 aliphatic heterocycles. The highest BCUT2D eigenvalue weighted by Gasteiger charge is 2.30. The molecule has 2 aromatic carbocycles. The van der Waals surface area contributed by atoms with Crippen molar-refractivity contribution in [1.82, 2.24) is 10.6 Å². The first-order valence-electron chi connectivity index (χ1n) is 7.62. The molecule has 2 N–H and O–H groups in total. The van der Waals surface area contributed by atoms with E-state index in [2.05, 4.69) is 10.6 Å². The van der Waals surface area contributed by atoms with Gasteiger partial charge < -0.3 is 15.4 Å². The molecule has 0 aliphatic carbocycles. The van der Waals surface area contributed by atoms with Gasteiger partial charge in [0.1, 0.15) is 5.75 Å². The van der Waals surface area contributed by atoms with Crippen molar-refractivity contribution in [3.63, 3.8) is 0 Å². The number of ether oxygens (including phenoxy) is 1. The van der Waals surface area contributed by atoms with Crippen LogP contribution < -0.4 is 15.4 Å². The summed E-state index contributed by atoms with van der Waals surface area (Å²) in [6, 6.07) is 17.1. The van der Waals surface area contributed by atoms with Gasteiger partial charge in [-0.15, -0.1) is 0 Å². The summed E-state index contributed by atoms with van der Waals surface area (Å²) in [5, 5.41) is 6.83. The van der Waals surface area contributed by atoms with Crippen LogP contribution in [0.15, 0.2) is 60.2 Å². The molecule has 2 aromatic rings. The van der Waals surface area contributed by atoms with E-state index < -0.39 is 0 Å². The Labute approximate surface area is 146 Å². The number of thiocarbonyl (C=S) groups is 1. The summed E-state index contributed by atoms with van der Waals surface area (Å²) in [4.78, 5) is 12.4. The fourth-order valence-corrected chi connectivity index (χ4v) is 3.07. The van der Waals surface area contributed by atoms with Crippen LogP contribution >= 0.6 is 12.2 Å². The van der Waals surface area contributed by atoms with Gasteiger partial charge in [0.05, 0.1) is 18.8 Å². The zero-order valence-corrected chi connectivity index (χ0v) is 14.3. The van der Waals surface area contributed by atoms with Crippen molar-refractivity contribution < 1.29 is 9.53 Å². The summed E-state index contributed by atoms with van der Waals surface area (Å²) >= 11 is 5.36. The van der Waals surface area contributed by atoms with Gasteiger partial charge in [0.2, 0.25) is 0 Å². The Morgan fingerprint density at radius 1 is 1.12 bits per heavy atom. The Balaban J connectivity index is 2.16. The van der Waals surface area contributed by atoms with Crippen LogP contribution in [0.1, 0.15) is 24.1 Å². The van der Waals surface area contributed by atoms with Crippen LogP contribution in [0.25, 0.3) is 5.70 Å². The fourth-order valence-electron chi connectivity index (χ4n) is 2.85. The van der Waals surface area contributed by atoms with Gasteiger partial charge in [-0.2, -0.15) is 0 Å². The van der Waals surface area contributed by atoms with E-state index in [4.69, 9.17) is 17.0 Å². The van der Waals surface area contributed by atoms with Crippen molar-refractivity contribution in [1.29, 1.82) is 0 Å². The smallest absolute Gasteiger partial charge is 0.171 e. The second kappa shape index (κ2) is 6.84. The lowest BCUT2D eigenvalue weighted by Crippen LogP contribution is -2.44. The number of ketones is 1. The standard InChI is InChI=1S/C19H18N2O2S/c1-12(22)16-17(13-7-4-3-5-8-13)20-19(24)21-18(16)14-9-6-10-15(11-14)23-2/h3-11,18H,1-2H3,(H2,20,21,24)/t18-/m0/s1. The van der Waals surface area contributed by atoms with Crippen LogP contribution in [-0.2, 0) is 4.79 Å². The molecule has 0 bridgehead atoms. The molecule has 0 saturated carbocycles. The molecule has 0 unspecified atom stereocenters. The van der Waals surface area contributed by atoms with Crippen LogP contribution in [-0.4, -0.2) is 18.0 Å². The molecule has 1 heterocycles. The van der Waals surface area contributed by atoms with Crippen molar-refractivity contribution in [2.24, 2.45) is 0 Å². The van der Waals surface area contributed by atoms with Gasteiger partial charge in [-0.05, 0) is 42.4 Å². The van der Waals surface area contributed by atoms with Crippen molar-refractivity contribution in [2.75, 3.05) is 7.11 Å². The number of carbonyl (C=O) groups excluding carboxylic acids is 1. The molecule has 0 spiro atoms. The molecule has 4 nitrogen and oxygen atoms in total. The SMILES string of the molecule is COc1cccc([C@@H]2NC(=S)NC(c3ccccc3)=C2C(C)=O)c1. The number of Topliss-reactive ketones (excluding diaryl/α,β-unsaturated/α-hetero) is 1. The number of carbonyl (C=O) groups is 1. The first-order valence-corrected chi connectivity index (χ1v) is 8.03. The second-order valence-electron chi connectivity index (χ2n) is 5.52. The second-order valence-corrected chi connectivity index (χ2v) is 5.93. The van der Waals surface area contributed by atoms with Crippen molar-refractivity contribution in [3.05, 3.63) is 71.3 Å². The van der Waals surface area contributed by atoms with Crippen molar-refractivity contribution in [3.8, 4) is 5.75 Å². The molecule has 3 rings (SSSR count). The van der Waals surface area contributed by atoms with Gasteiger partial charge in [-0.3, -0.25) is 4.79 Å². The molecule has 1 aliphatic rings. The van der Waals surface area contributed by atoms with Gasteiger partial charge in [0.15, 0.2) is 10.9 Å². The Bertz CT molecular complexity index is 815. The minimum atomic E-state index is -0.318. The predicted molar refractivity (Wildman–Crippen MR) is 98.6 cm³/mol. The summed E-state index contributed by atoms with van der Waals surface area (Å²) < 4.78 is 5.30. The third-order valence-corrected chi connectivity index (χ3v) is 4.16. The number of hydrogen-bond donors (Lipinski definition) is 2. The minimum Gasteiger partial charge on any atom is -0.497 e. The summed E-state index contributed by atoms with van der Waals surface area (Å²) in [6.07, 6.45) is 0. The van der Waals surface area contributed by atoms with E-state index in [-0.39, 0.29) is 11.8 Å². The lowest BCUT2D eigenvalue weighted by atomic mass is 9.90. The first-order chi connectivity index (χ1) is 11.6. The molecule has 1 atom stereocenters. The summed E-state index contributed by atoms with van der Waals surface area (Å²) in [5.74, 6) is 0.729. The molecular weight excluding hydrogens is 320 g/mol. The van der Waals surface area contributed by atoms with E-state index in [1.54, 1.807) is 14.0 Å². The van der Waals surface area contributed by atoms with Crippen LogP contribution in [0.3, 0.4) is 0 Å². The number of nitrogens with one attached hydrogen (secondary N) is 2. The molecule has 0 fully saturated rings. The van der Waals surface area contributed by atoms with Crippen molar-refractivity contribution in [2.45, 2.75) is 13.0 Å². The lowest BCUT2D eigenvalue weighted by molar-refractivity contribution is -0.113. The third kappa shape index (κ3) is 3.16. The predicted octanol–water partition coefficient (Wildman–Crippen LogP) is 3.21. The maximum atomic E-state index is 12.4. The Kier molecular flexibility index (Phi) is 4.62. The van der Waals surface area contributed by atoms with Gasteiger partial charge in [-0.25, -0.2) is 0 Å². The van der Waals surface area contributed by atoms with E-state index in [1.807, 2.05) is 54.6 Å². The summed E-state index contributed by atoms with van der Waals surface area (Å²) in [5.41, 5.74) is 3.26. The van der Waals surface area contributed by atoms with Gasteiger partial charge in [-0.1, -0.05) is 42.5 Å². The lowest BCUT2D eigenvalue weighted by Gasteiger charge is -2.31. The molecule has 0 aromatic heterocycles. The van der Waals surface area contributed by atoms with E-state index in [1.165, 1.54) is 0 Å². The summed E-state index contributed by atoms with van der Waals surface area (Å²) in [6.45, 7) is 1.57. The monoisotopic (exact) mass is 338 g/mol. The van der Waals surface area contributed by atoms with E-state index in [9.17, 15) is 4.79 Å². The molecule has 0 radical (unpaired) electrons. The topological polar surface area (TPSA) is 50.4 Å². The highest BCUT2D eigenvalue weighted by atomic mass is 32.1. The number of benzene rings is 2. The summed E-state index contributed by atoms with van der Waals surface area (Å²) in [7, 11) is 1.62. The highest BCUT2D eigenvalue weighted by Crippen LogP contribution is 2.32. The van der Waals surface area contributed by atoms with Crippen LogP contribution in [0.4, 0.5) is 0 Å². The van der Waals surface area contributed by atoms with Gasteiger partial charge in [0, 0.05) is 5.57 Å². The quantitative estimate of drug-likeness (QED) is 0.839. The Morgan fingerprint density at radius 3 is 2.54 bits per heavy atom. The average molecular weight is 338 g/mol. The number of hydrogen-bond acceptors (Lipinski definition) is 3. The van der Waals surface area contributed by atoms with E-state index in [0.717, 1.165) is 22.6 Å². The first kappa shape index (κ1) is 16.2. The molecule has 5 heteroatoms. The minimum absolute atomic E-state index is 0.0100. The van der Waals surface area contributed by atoms with E-state index in [0.29, 0.717) is 10.7 Å². The maximum Gasteiger partial charge on any atom is 0.171 e. The molecule has 0 amide bonds. The van der Waals surface area contributed by atoms with Crippen molar-refractivity contribution >= 4 is 28.8 Å². The highest BCUT2D eigenvalue weighted by molar-refractivity contribution is 7.80. The zero-order chi connectivity index (χ0) is 17.1. The normalized spacial score (nSPS) is 17.1. The molecule has 0 saturated heterocycles. The van der Waals surface area contributed by atoms with Gasteiger partial charge in [0.25, 0.3) is 0 Å². The largest absolute Gasteiger partial charge is 0.497 e. The van der Waals surface area contributed by atoms with Crippen LogP contribution in [0.5, 0.6) is 5.75 Å². The maximum absolute atomic E-state index is 12.4. The molecule has 122 valence electrons. The third-order valence-electron chi connectivity index (χ3n) is 3.94. The van der Waals surface area contributed by atoms with Gasteiger partial charge >= 0.3 is 0 Å². The number of rotatable bonds is 4. The Morgan fingerprint density at radius 2 is 1.88 bits per heavy atom. The fraction of sp³-hybridized carbons (Fsp3) is 0.158. The van der Waals surface area contributed by atoms with E-state index >= 15 is 0 Å².